The zero-order chi connectivity index (χ0) is 11.4. The second kappa shape index (κ2) is 5.67. The maximum atomic E-state index is 10.7. The van der Waals surface area contributed by atoms with Gasteiger partial charge in [-0.25, -0.2) is 9.68 Å². The summed E-state index contributed by atoms with van der Waals surface area (Å²) in [5.74, 6) is -0.263. The van der Waals surface area contributed by atoms with Gasteiger partial charge in [0, 0.05) is 15.0 Å². The van der Waals surface area contributed by atoms with Crippen LogP contribution in [0.25, 0.3) is 0 Å². The number of benzene rings is 1. The summed E-state index contributed by atoms with van der Waals surface area (Å²) in [5.41, 5.74) is 0. The minimum atomic E-state index is -0.652. The molecule has 0 aliphatic heterocycles. The van der Waals surface area contributed by atoms with Crippen molar-refractivity contribution in [3.05, 3.63) is 38.2 Å². The van der Waals surface area contributed by atoms with E-state index in [1.165, 1.54) is 0 Å². The Labute approximate surface area is 112 Å². The van der Waals surface area contributed by atoms with Crippen molar-refractivity contribution in [2.24, 2.45) is 0 Å². The van der Waals surface area contributed by atoms with Gasteiger partial charge in [0.1, 0.15) is 0 Å². The molecular weight excluding hydrogens is 396 g/mol. The van der Waals surface area contributed by atoms with Crippen LogP contribution in [0.1, 0.15) is 0 Å². The maximum Gasteiger partial charge on any atom is 0.378 e. The Kier molecular flexibility index (Phi) is 4.82. The van der Waals surface area contributed by atoms with Crippen molar-refractivity contribution < 1.29 is 14.6 Å². The molecule has 6 heteroatoms. The van der Waals surface area contributed by atoms with Crippen LogP contribution < -0.4 is 4.89 Å². The molecule has 0 spiro atoms. The first kappa shape index (κ1) is 12.7. The third kappa shape index (κ3) is 3.32. The normalized spacial score (nSPS) is 9.53. The second-order valence-corrected chi connectivity index (χ2v) is 4.80. The van der Waals surface area contributed by atoms with E-state index < -0.39 is 5.97 Å². The van der Waals surface area contributed by atoms with E-state index in [2.05, 4.69) is 59.3 Å². The summed E-state index contributed by atoms with van der Waals surface area (Å²) in [6, 6.07) is 3.40. The average molecular weight is 401 g/mol. The lowest BCUT2D eigenvalue weighted by atomic mass is 10.3. The molecule has 0 saturated carbocycles. The Morgan fingerprint density at radius 1 is 1.27 bits per heavy atom. The van der Waals surface area contributed by atoms with Gasteiger partial charge in [-0.3, -0.25) is 4.89 Å². The Morgan fingerprint density at radius 2 is 1.93 bits per heavy atom. The van der Waals surface area contributed by atoms with Gasteiger partial charge < -0.3 is 0 Å². The molecule has 0 saturated heterocycles. The first-order valence-electron chi connectivity index (χ1n) is 3.70. The van der Waals surface area contributed by atoms with Crippen LogP contribution in [0.2, 0.25) is 0 Å². The van der Waals surface area contributed by atoms with E-state index in [0.717, 1.165) is 15.0 Å². The van der Waals surface area contributed by atoms with Gasteiger partial charge in [-0.15, -0.1) is 0 Å². The molecule has 0 radical (unpaired) electrons. The molecule has 1 aromatic rings. The van der Waals surface area contributed by atoms with Crippen LogP contribution in [-0.2, 0) is 9.68 Å². The Hall–Kier alpha value is -0.330. The molecule has 1 aromatic carbocycles. The smallest absolute Gasteiger partial charge is 0.285 e. The Morgan fingerprint density at radius 3 is 2.53 bits per heavy atom. The van der Waals surface area contributed by atoms with Crippen LogP contribution in [0.5, 0.6) is 5.75 Å². The van der Waals surface area contributed by atoms with Gasteiger partial charge in [0.25, 0.3) is 0 Å². The fourth-order valence-electron chi connectivity index (χ4n) is 0.693. The van der Waals surface area contributed by atoms with Crippen molar-refractivity contribution in [1.29, 1.82) is 0 Å². The lowest BCUT2D eigenvalue weighted by Crippen LogP contribution is -2.04. The highest BCUT2D eigenvalue weighted by Crippen LogP contribution is 2.37. The molecule has 15 heavy (non-hydrogen) atoms. The molecule has 0 amide bonds. The summed E-state index contributed by atoms with van der Waals surface area (Å²) in [4.78, 5) is 20.0. The zero-order valence-corrected chi connectivity index (χ0v) is 12.1. The summed E-state index contributed by atoms with van der Waals surface area (Å²) in [6.07, 6.45) is 1.02. The molecule has 0 fully saturated rings. The topological polar surface area (TPSA) is 35.5 Å². The Balaban J connectivity index is 2.83. The number of carbonyl (C=O) groups excluding carboxylic acids is 1. The third-order valence-electron chi connectivity index (χ3n) is 1.38. The highest BCUT2D eigenvalue weighted by Gasteiger charge is 2.10. The second-order valence-electron chi connectivity index (χ2n) is 2.36. The van der Waals surface area contributed by atoms with E-state index in [1.54, 1.807) is 12.1 Å². The summed E-state index contributed by atoms with van der Waals surface area (Å²) >= 11 is 9.92. The van der Waals surface area contributed by atoms with Crippen molar-refractivity contribution in [2.75, 3.05) is 0 Å². The predicted octanol–water partition coefficient (Wildman–Crippen LogP) is 4.00. The molecule has 0 aliphatic carbocycles. The van der Waals surface area contributed by atoms with Crippen LogP contribution in [0.15, 0.2) is 38.2 Å². The van der Waals surface area contributed by atoms with E-state index in [4.69, 9.17) is 4.89 Å². The monoisotopic (exact) mass is 398 g/mol. The highest BCUT2D eigenvalue weighted by atomic mass is 79.9. The summed E-state index contributed by atoms with van der Waals surface area (Å²) < 4.78 is 2.28. The molecule has 80 valence electrons. The first-order chi connectivity index (χ1) is 7.06. The van der Waals surface area contributed by atoms with Gasteiger partial charge in [-0.2, -0.15) is 0 Å². The van der Waals surface area contributed by atoms with Gasteiger partial charge in [0.05, 0.1) is 4.47 Å². The van der Waals surface area contributed by atoms with Crippen LogP contribution >= 0.6 is 47.8 Å². The number of carbonyl (C=O) groups is 1. The van der Waals surface area contributed by atoms with Crippen LogP contribution in [0, 0.1) is 0 Å². The minimum Gasteiger partial charge on any atom is -0.285 e. The van der Waals surface area contributed by atoms with Crippen molar-refractivity contribution in [3.63, 3.8) is 0 Å². The lowest BCUT2D eigenvalue weighted by molar-refractivity contribution is -0.207. The third-order valence-corrected chi connectivity index (χ3v) is 4.72. The standard InChI is InChI=1S/C9H5Br3O3/c1-2-7(13)15-14-6-4-3-5(10)8(11)9(6)12/h2-4H,1H2. The average Bonchev–Trinajstić information content (AvgIpc) is 2.24. The van der Waals surface area contributed by atoms with Crippen LogP contribution in [0.4, 0.5) is 0 Å². The van der Waals surface area contributed by atoms with Crippen molar-refractivity contribution in [2.45, 2.75) is 0 Å². The number of halogens is 3. The van der Waals surface area contributed by atoms with E-state index >= 15 is 0 Å². The summed E-state index contributed by atoms with van der Waals surface area (Å²) in [5, 5.41) is 0. The van der Waals surface area contributed by atoms with E-state index in [0.29, 0.717) is 10.2 Å². The summed E-state index contributed by atoms with van der Waals surface area (Å²) in [7, 11) is 0. The molecule has 0 aromatic heterocycles. The number of hydrogen-bond acceptors (Lipinski definition) is 3. The molecule has 0 bridgehead atoms. The van der Waals surface area contributed by atoms with E-state index in [9.17, 15) is 4.79 Å². The molecule has 0 N–H and O–H groups in total. The molecule has 0 heterocycles. The van der Waals surface area contributed by atoms with Crippen LogP contribution in [-0.4, -0.2) is 5.97 Å². The molecule has 1 rings (SSSR count). The predicted molar refractivity (Wildman–Crippen MR) is 66.5 cm³/mol. The molecular formula is C9H5Br3O3. The van der Waals surface area contributed by atoms with E-state index in [1.807, 2.05) is 0 Å². The van der Waals surface area contributed by atoms with Crippen molar-refractivity contribution >= 4 is 53.8 Å². The Bertz CT molecular complexity index is 404. The highest BCUT2D eigenvalue weighted by molar-refractivity contribution is 9.14. The van der Waals surface area contributed by atoms with Crippen LogP contribution in [0.3, 0.4) is 0 Å². The number of hydrogen-bond donors (Lipinski definition) is 0. The molecule has 0 unspecified atom stereocenters. The van der Waals surface area contributed by atoms with Gasteiger partial charge in [0.2, 0.25) is 0 Å². The first-order valence-corrected chi connectivity index (χ1v) is 6.08. The lowest BCUT2D eigenvalue weighted by Gasteiger charge is -2.06. The molecule has 0 atom stereocenters. The summed E-state index contributed by atoms with van der Waals surface area (Å²) in [6.45, 7) is 3.24. The largest absolute Gasteiger partial charge is 0.378 e. The number of rotatable bonds is 3. The van der Waals surface area contributed by atoms with Gasteiger partial charge in [-0.1, -0.05) is 6.58 Å². The minimum absolute atomic E-state index is 0.389. The van der Waals surface area contributed by atoms with Gasteiger partial charge in [0.15, 0.2) is 5.75 Å². The quantitative estimate of drug-likeness (QED) is 0.333. The van der Waals surface area contributed by atoms with Gasteiger partial charge in [-0.05, 0) is 59.9 Å². The van der Waals surface area contributed by atoms with Crippen molar-refractivity contribution in [1.82, 2.24) is 0 Å². The van der Waals surface area contributed by atoms with E-state index in [-0.39, 0.29) is 0 Å². The molecule has 0 aliphatic rings. The van der Waals surface area contributed by atoms with Gasteiger partial charge >= 0.3 is 5.97 Å². The zero-order valence-electron chi connectivity index (χ0n) is 7.30. The fourth-order valence-corrected chi connectivity index (χ4v) is 2.03. The fraction of sp³-hybridized carbons (Fsp3) is 0. The van der Waals surface area contributed by atoms with Crippen molar-refractivity contribution in [3.8, 4) is 5.75 Å². The maximum absolute atomic E-state index is 10.7. The SMILES string of the molecule is C=CC(=O)OOc1ccc(Br)c(Br)c1Br. The molecule has 3 nitrogen and oxygen atoms in total.